The molecule has 3 aromatic carbocycles. The molecule has 3 aromatic rings. The number of carbonyl (C=O) groups is 1. The second-order valence-corrected chi connectivity index (χ2v) is 8.13. The first-order chi connectivity index (χ1) is 14.9. The lowest BCUT2D eigenvalue weighted by Gasteiger charge is -2.14. The van der Waals surface area contributed by atoms with Gasteiger partial charge in [0.2, 0.25) is 5.91 Å². The number of anilines is 1. The number of hydrogen-bond acceptors (Lipinski definition) is 3. The third-order valence-electron chi connectivity index (χ3n) is 4.20. The number of halogens is 4. The van der Waals surface area contributed by atoms with Crippen LogP contribution in [0, 0.1) is 11.6 Å². The molecule has 1 amide bonds. The molecule has 0 heterocycles. The Bertz CT molecular complexity index is 1140. The lowest BCUT2D eigenvalue weighted by molar-refractivity contribution is -0.111. The standard InChI is InChI=1S/C23H17Br2F2NO3/c1-30-21-11-14(6-9-22(29)28-20-8-7-16(24)12-19(20)27)10-17(25)23(21)31-13-15-4-2-3-5-18(15)26/h2-12H,13H2,1H3,(H,28,29)/b9-6+. The smallest absolute Gasteiger partial charge is 0.248 e. The van der Waals surface area contributed by atoms with E-state index in [9.17, 15) is 13.6 Å². The number of carbonyl (C=O) groups excluding carboxylic acids is 1. The highest BCUT2D eigenvalue weighted by molar-refractivity contribution is 9.10. The maximum atomic E-state index is 13.9. The normalized spacial score (nSPS) is 10.9. The number of ether oxygens (including phenoxy) is 2. The molecule has 0 bridgehead atoms. The minimum atomic E-state index is -0.545. The Kier molecular flexibility index (Phi) is 7.81. The number of nitrogens with one attached hydrogen (secondary N) is 1. The van der Waals surface area contributed by atoms with E-state index in [2.05, 4.69) is 37.2 Å². The fraction of sp³-hybridized carbons (Fsp3) is 0.0870. The van der Waals surface area contributed by atoms with Crippen molar-refractivity contribution >= 4 is 49.5 Å². The Labute approximate surface area is 195 Å². The second-order valence-electron chi connectivity index (χ2n) is 6.36. The summed E-state index contributed by atoms with van der Waals surface area (Å²) < 4.78 is 40.0. The zero-order valence-corrected chi connectivity index (χ0v) is 19.5. The molecule has 1 N–H and O–H groups in total. The van der Waals surface area contributed by atoms with Gasteiger partial charge < -0.3 is 14.8 Å². The minimum Gasteiger partial charge on any atom is -0.493 e. The molecule has 3 rings (SSSR count). The highest BCUT2D eigenvalue weighted by Crippen LogP contribution is 2.37. The van der Waals surface area contributed by atoms with E-state index < -0.39 is 11.7 Å². The van der Waals surface area contributed by atoms with E-state index in [0.717, 1.165) is 0 Å². The summed E-state index contributed by atoms with van der Waals surface area (Å²) in [4.78, 5) is 12.1. The molecule has 0 spiro atoms. The molecule has 8 heteroatoms. The molecule has 0 saturated carbocycles. The van der Waals surface area contributed by atoms with Gasteiger partial charge in [-0.05, 0) is 64.0 Å². The van der Waals surface area contributed by atoms with Crippen LogP contribution in [0.25, 0.3) is 6.08 Å². The molecule has 0 aliphatic carbocycles. The van der Waals surface area contributed by atoms with E-state index in [0.29, 0.717) is 31.6 Å². The molecule has 0 saturated heterocycles. The first-order valence-corrected chi connectivity index (χ1v) is 10.6. The number of rotatable bonds is 7. The fourth-order valence-corrected chi connectivity index (χ4v) is 3.59. The summed E-state index contributed by atoms with van der Waals surface area (Å²) in [5.41, 5.74) is 1.14. The van der Waals surface area contributed by atoms with Crippen LogP contribution in [0.1, 0.15) is 11.1 Å². The van der Waals surface area contributed by atoms with E-state index in [4.69, 9.17) is 9.47 Å². The Hall–Kier alpha value is -2.71. The molecule has 0 aliphatic rings. The molecular formula is C23H17Br2F2NO3. The van der Waals surface area contributed by atoms with Crippen LogP contribution in [0.3, 0.4) is 0 Å². The average Bonchev–Trinajstić information content (AvgIpc) is 2.74. The van der Waals surface area contributed by atoms with Crippen molar-refractivity contribution in [3.8, 4) is 11.5 Å². The average molecular weight is 553 g/mol. The molecule has 160 valence electrons. The summed E-state index contributed by atoms with van der Waals surface area (Å²) in [7, 11) is 1.48. The van der Waals surface area contributed by atoms with Gasteiger partial charge in [-0.25, -0.2) is 8.78 Å². The molecule has 0 aromatic heterocycles. The first kappa shape index (κ1) is 23.0. The van der Waals surface area contributed by atoms with Gasteiger partial charge in [0.15, 0.2) is 11.5 Å². The van der Waals surface area contributed by atoms with E-state index in [-0.39, 0.29) is 18.1 Å². The highest BCUT2D eigenvalue weighted by atomic mass is 79.9. The number of amides is 1. The van der Waals surface area contributed by atoms with Crippen LogP contribution in [-0.2, 0) is 11.4 Å². The summed E-state index contributed by atoms with van der Waals surface area (Å²) in [6.07, 6.45) is 2.84. The molecular weight excluding hydrogens is 536 g/mol. The molecule has 0 aliphatic heterocycles. The van der Waals surface area contributed by atoms with Gasteiger partial charge in [-0.15, -0.1) is 0 Å². The summed E-state index contributed by atoms with van der Waals surface area (Å²) in [6.45, 7) is 0.0258. The maximum Gasteiger partial charge on any atom is 0.248 e. The van der Waals surface area contributed by atoms with Gasteiger partial charge in [0, 0.05) is 16.1 Å². The predicted molar refractivity (Wildman–Crippen MR) is 123 cm³/mol. The van der Waals surface area contributed by atoms with Crippen molar-refractivity contribution in [3.63, 3.8) is 0 Å². The van der Waals surface area contributed by atoms with Gasteiger partial charge in [-0.1, -0.05) is 34.1 Å². The Balaban J connectivity index is 1.72. The van der Waals surface area contributed by atoms with E-state index in [1.165, 1.54) is 31.4 Å². The third kappa shape index (κ3) is 6.15. The van der Waals surface area contributed by atoms with Crippen LogP contribution < -0.4 is 14.8 Å². The van der Waals surface area contributed by atoms with Crippen LogP contribution in [0.15, 0.2) is 69.6 Å². The molecule has 0 unspecified atom stereocenters. The second kappa shape index (κ2) is 10.5. The largest absolute Gasteiger partial charge is 0.493 e. The first-order valence-electron chi connectivity index (χ1n) is 9.05. The summed E-state index contributed by atoms with van der Waals surface area (Å²) in [5.74, 6) is -0.576. The summed E-state index contributed by atoms with van der Waals surface area (Å²) >= 11 is 6.59. The number of benzene rings is 3. The quantitative estimate of drug-likeness (QED) is 0.331. The van der Waals surface area contributed by atoms with Crippen LogP contribution in [0.5, 0.6) is 11.5 Å². The van der Waals surface area contributed by atoms with Crippen LogP contribution in [0.2, 0.25) is 0 Å². The van der Waals surface area contributed by atoms with Crippen LogP contribution in [-0.4, -0.2) is 13.0 Å². The monoisotopic (exact) mass is 551 g/mol. The van der Waals surface area contributed by atoms with Gasteiger partial charge in [-0.3, -0.25) is 4.79 Å². The third-order valence-corrected chi connectivity index (χ3v) is 5.28. The topological polar surface area (TPSA) is 47.6 Å². The van der Waals surface area contributed by atoms with Crippen molar-refractivity contribution in [2.24, 2.45) is 0 Å². The van der Waals surface area contributed by atoms with Crippen LogP contribution >= 0.6 is 31.9 Å². The van der Waals surface area contributed by atoms with Gasteiger partial charge in [-0.2, -0.15) is 0 Å². The molecule has 0 radical (unpaired) electrons. The van der Waals surface area contributed by atoms with Crippen molar-refractivity contribution in [1.29, 1.82) is 0 Å². The summed E-state index contributed by atoms with van der Waals surface area (Å²) in [6, 6.07) is 14.1. The van der Waals surface area contributed by atoms with Gasteiger partial charge in [0.1, 0.15) is 18.2 Å². The SMILES string of the molecule is COc1cc(/C=C/C(=O)Nc2ccc(Br)cc2F)cc(Br)c1OCc1ccccc1F. The van der Waals surface area contributed by atoms with Crippen molar-refractivity contribution < 1.29 is 23.0 Å². The lowest BCUT2D eigenvalue weighted by atomic mass is 10.1. The Morgan fingerprint density at radius 1 is 1.06 bits per heavy atom. The predicted octanol–water partition coefficient (Wildman–Crippen LogP) is 6.73. The van der Waals surface area contributed by atoms with Gasteiger partial charge in [0.05, 0.1) is 17.3 Å². The van der Waals surface area contributed by atoms with Crippen molar-refractivity contribution in [2.45, 2.75) is 6.61 Å². The van der Waals surface area contributed by atoms with Crippen LogP contribution in [0.4, 0.5) is 14.5 Å². The Morgan fingerprint density at radius 2 is 1.84 bits per heavy atom. The van der Waals surface area contributed by atoms with Crippen molar-refractivity contribution in [2.75, 3.05) is 12.4 Å². The van der Waals surface area contributed by atoms with Crippen molar-refractivity contribution in [3.05, 3.63) is 92.4 Å². The number of hydrogen-bond donors (Lipinski definition) is 1. The van der Waals surface area contributed by atoms with Crippen molar-refractivity contribution in [1.82, 2.24) is 0 Å². The lowest BCUT2D eigenvalue weighted by Crippen LogP contribution is -2.09. The van der Waals surface area contributed by atoms with Gasteiger partial charge in [0.25, 0.3) is 0 Å². The van der Waals surface area contributed by atoms with E-state index >= 15 is 0 Å². The minimum absolute atomic E-state index is 0.0258. The zero-order valence-electron chi connectivity index (χ0n) is 16.3. The molecule has 31 heavy (non-hydrogen) atoms. The maximum absolute atomic E-state index is 13.9. The highest BCUT2D eigenvalue weighted by Gasteiger charge is 2.13. The molecule has 0 atom stereocenters. The molecule has 4 nitrogen and oxygen atoms in total. The Morgan fingerprint density at radius 3 is 2.55 bits per heavy atom. The zero-order chi connectivity index (χ0) is 22.4. The molecule has 0 fully saturated rings. The fourth-order valence-electron chi connectivity index (χ4n) is 2.68. The van der Waals surface area contributed by atoms with E-state index in [1.807, 2.05) is 0 Å². The number of methoxy groups -OCH3 is 1. The summed E-state index contributed by atoms with van der Waals surface area (Å²) in [5, 5.41) is 2.48. The van der Waals surface area contributed by atoms with Gasteiger partial charge >= 0.3 is 0 Å². The van der Waals surface area contributed by atoms with E-state index in [1.54, 1.807) is 42.5 Å².